The summed E-state index contributed by atoms with van der Waals surface area (Å²) < 4.78 is 1.10. The molecule has 2 nitrogen and oxygen atoms in total. The van der Waals surface area contributed by atoms with Crippen LogP contribution in [0.2, 0.25) is 0 Å². The molecule has 2 aromatic rings. The number of hydrogen-bond donors (Lipinski definition) is 2. The lowest BCUT2D eigenvalue weighted by Crippen LogP contribution is -2.31. The second-order valence-electron chi connectivity index (χ2n) is 6.39. The molecule has 112 valence electrons. The molecule has 0 spiro atoms. The summed E-state index contributed by atoms with van der Waals surface area (Å²) in [6.45, 7) is 6.71. The van der Waals surface area contributed by atoms with Gasteiger partial charge in [-0.1, -0.05) is 73.1 Å². The molecule has 0 aliphatic heterocycles. The highest BCUT2D eigenvalue weighted by Crippen LogP contribution is 2.31. The first kappa shape index (κ1) is 16.2. The molecule has 0 aliphatic rings. The van der Waals surface area contributed by atoms with Crippen LogP contribution in [0.5, 0.6) is 0 Å². The number of nitrogens with one attached hydrogen (secondary N) is 1. The van der Waals surface area contributed by atoms with Gasteiger partial charge >= 0.3 is 0 Å². The van der Waals surface area contributed by atoms with Crippen molar-refractivity contribution in [3.63, 3.8) is 0 Å². The molecule has 0 saturated carbocycles. The van der Waals surface area contributed by atoms with Crippen molar-refractivity contribution in [1.29, 1.82) is 0 Å². The number of hydrazine groups is 1. The molecule has 2 rings (SSSR count). The number of hydrogen-bond acceptors (Lipinski definition) is 2. The summed E-state index contributed by atoms with van der Waals surface area (Å²) in [7, 11) is 0. The maximum atomic E-state index is 5.84. The topological polar surface area (TPSA) is 38.0 Å². The van der Waals surface area contributed by atoms with E-state index in [0.717, 1.165) is 10.9 Å². The van der Waals surface area contributed by atoms with Crippen LogP contribution in [-0.4, -0.2) is 0 Å². The highest BCUT2D eigenvalue weighted by molar-refractivity contribution is 9.10. The van der Waals surface area contributed by atoms with Crippen LogP contribution in [-0.2, 0) is 11.8 Å². The van der Waals surface area contributed by atoms with Crippen molar-refractivity contribution >= 4 is 15.9 Å². The van der Waals surface area contributed by atoms with Crippen molar-refractivity contribution in [2.75, 3.05) is 0 Å². The number of halogens is 1. The van der Waals surface area contributed by atoms with Crippen LogP contribution >= 0.6 is 15.9 Å². The Morgan fingerprint density at radius 1 is 1.05 bits per heavy atom. The van der Waals surface area contributed by atoms with Gasteiger partial charge in [-0.3, -0.25) is 11.3 Å². The lowest BCUT2D eigenvalue weighted by Gasteiger charge is -2.27. The Bertz CT molecular complexity index is 585. The zero-order valence-electron chi connectivity index (χ0n) is 12.9. The molecule has 0 heterocycles. The first-order chi connectivity index (χ1) is 9.91. The summed E-state index contributed by atoms with van der Waals surface area (Å²) in [6, 6.07) is 17.1. The summed E-state index contributed by atoms with van der Waals surface area (Å²) in [4.78, 5) is 0. The number of rotatable bonds is 4. The van der Waals surface area contributed by atoms with Gasteiger partial charge in [0.05, 0.1) is 6.04 Å². The second kappa shape index (κ2) is 6.73. The maximum Gasteiger partial charge on any atom is 0.0503 e. The van der Waals surface area contributed by atoms with Crippen LogP contribution < -0.4 is 11.3 Å². The zero-order chi connectivity index (χ0) is 15.5. The maximum absolute atomic E-state index is 5.84. The largest absolute Gasteiger partial charge is 0.271 e. The van der Waals surface area contributed by atoms with E-state index in [1.807, 2.05) is 0 Å². The molecule has 0 fully saturated rings. The van der Waals surface area contributed by atoms with Crippen molar-refractivity contribution in [3.8, 4) is 0 Å². The second-order valence-corrected chi connectivity index (χ2v) is 7.30. The van der Waals surface area contributed by atoms with E-state index in [9.17, 15) is 0 Å². The molecule has 0 radical (unpaired) electrons. The highest BCUT2D eigenvalue weighted by Gasteiger charge is 2.22. The van der Waals surface area contributed by atoms with Crippen LogP contribution in [0.4, 0.5) is 0 Å². The third-order valence-corrected chi connectivity index (χ3v) is 4.23. The van der Waals surface area contributed by atoms with E-state index < -0.39 is 0 Å². The van der Waals surface area contributed by atoms with Gasteiger partial charge in [-0.25, -0.2) is 0 Å². The molecular formula is C18H23BrN2. The molecule has 1 atom stereocenters. The summed E-state index contributed by atoms with van der Waals surface area (Å²) in [6.07, 6.45) is 0.872. The molecule has 0 aliphatic carbocycles. The summed E-state index contributed by atoms with van der Waals surface area (Å²) in [5, 5.41) is 0. The predicted molar refractivity (Wildman–Crippen MR) is 93.1 cm³/mol. The molecule has 3 heteroatoms. The minimum Gasteiger partial charge on any atom is -0.271 e. The lowest BCUT2D eigenvalue weighted by atomic mass is 9.81. The van der Waals surface area contributed by atoms with E-state index >= 15 is 0 Å². The fraction of sp³-hybridized carbons (Fsp3) is 0.333. The lowest BCUT2D eigenvalue weighted by molar-refractivity contribution is 0.518. The minimum atomic E-state index is 0.103. The van der Waals surface area contributed by atoms with Crippen LogP contribution in [0.25, 0.3) is 0 Å². The molecule has 0 aromatic heterocycles. The molecule has 0 bridgehead atoms. The van der Waals surface area contributed by atoms with E-state index in [4.69, 9.17) is 5.84 Å². The Labute approximate surface area is 135 Å². The molecule has 1 unspecified atom stereocenters. The molecule has 0 amide bonds. The van der Waals surface area contributed by atoms with Crippen LogP contribution in [0.3, 0.4) is 0 Å². The van der Waals surface area contributed by atoms with E-state index in [1.54, 1.807) is 0 Å². The van der Waals surface area contributed by atoms with E-state index in [-0.39, 0.29) is 11.5 Å². The molecule has 0 saturated heterocycles. The van der Waals surface area contributed by atoms with E-state index in [2.05, 4.69) is 90.7 Å². The number of nitrogens with two attached hydrogens (primary N) is 1. The van der Waals surface area contributed by atoms with Gasteiger partial charge in [0.25, 0.3) is 0 Å². The predicted octanol–water partition coefficient (Wildman–Crippen LogP) is 4.49. The van der Waals surface area contributed by atoms with E-state index in [0.29, 0.717) is 0 Å². The Morgan fingerprint density at radius 3 is 2.24 bits per heavy atom. The van der Waals surface area contributed by atoms with E-state index in [1.165, 1.54) is 16.7 Å². The van der Waals surface area contributed by atoms with Crippen LogP contribution in [0.1, 0.15) is 43.5 Å². The summed E-state index contributed by atoms with van der Waals surface area (Å²) in [5.74, 6) is 5.84. The van der Waals surface area contributed by atoms with Gasteiger partial charge in [0.15, 0.2) is 0 Å². The normalized spacial score (nSPS) is 13.2. The Kier molecular flexibility index (Phi) is 5.20. The van der Waals surface area contributed by atoms with Gasteiger partial charge in [0.2, 0.25) is 0 Å². The van der Waals surface area contributed by atoms with Gasteiger partial charge < -0.3 is 0 Å². The van der Waals surface area contributed by atoms with Crippen molar-refractivity contribution in [2.45, 2.75) is 38.6 Å². The van der Waals surface area contributed by atoms with Crippen molar-refractivity contribution in [1.82, 2.24) is 5.43 Å². The standard InChI is InChI=1S/C18H23BrN2/c1-18(2,3)16-7-5-4-6-15(16)17(21-20)12-13-8-10-14(19)11-9-13/h4-11,17,21H,12,20H2,1-3H3. The molecule has 2 aromatic carbocycles. The Hall–Kier alpha value is -1.16. The number of benzene rings is 2. The average Bonchev–Trinajstić information content (AvgIpc) is 2.46. The van der Waals surface area contributed by atoms with Gasteiger partial charge in [-0.05, 0) is 40.7 Å². The van der Waals surface area contributed by atoms with Gasteiger partial charge in [-0.15, -0.1) is 0 Å². The Morgan fingerprint density at radius 2 is 1.67 bits per heavy atom. The third kappa shape index (κ3) is 4.16. The van der Waals surface area contributed by atoms with Gasteiger partial charge in [0, 0.05) is 4.47 Å². The van der Waals surface area contributed by atoms with Crippen molar-refractivity contribution < 1.29 is 0 Å². The quantitative estimate of drug-likeness (QED) is 0.632. The SMILES string of the molecule is CC(C)(C)c1ccccc1C(Cc1ccc(Br)cc1)NN. The van der Waals surface area contributed by atoms with Crippen LogP contribution in [0, 0.1) is 0 Å². The summed E-state index contributed by atoms with van der Waals surface area (Å²) >= 11 is 3.47. The minimum absolute atomic E-state index is 0.103. The first-order valence-corrected chi connectivity index (χ1v) is 8.01. The smallest absolute Gasteiger partial charge is 0.0503 e. The zero-order valence-corrected chi connectivity index (χ0v) is 14.4. The average molecular weight is 347 g/mol. The first-order valence-electron chi connectivity index (χ1n) is 7.22. The molecule has 21 heavy (non-hydrogen) atoms. The molecular weight excluding hydrogens is 324 g/mol. The highest BCUT2D eigenvalue weighted by atomic mass is 79.9. The monoisotopic (exact) mass is 346 g/mol. The van der Waals surface area contributed by atoms with Crippen LogP contribution in [0.15, 0.2) is 53.0 Å². The van der Waals surface area contributed by atoms with Crippen molar-refractivity contribution in [2.24, 2.45) is 5.84 Å². The van der Waals surface area contributed by atoms with Gasteiger partial charge in [-0.2, -0.15) is 0 Å². The summed E-state index contributed by atoms with van der Waals surface area (Å²) in [5.41, 5.74) is 6.96. The third-order valence-electron chi connectivity index (χ3n) is 3.70. The Balaban J connectivity index is 2.32. The van der Waals surface area contributed by atoms with Crippen molar-refractivity contribution in [3.05, 3.63) is 69.7 Å². The fourth-order valence-electron chi connectivity index (χ4n) is 2.60. The fourth-order valence-corrected chi connectivity index (χ4v) is 2.86. The van der Waals surface area contributed by atoms with Gasteiger partial charge in [0.1, 0.15) is 0 Å². The molecule has 3 N–H and O–H groups in total.